The second-order valence-electron chi connectivity index (χ2n) is 6.40. The van der Waals surface area contributed by atoms with E-state index in [9.17, 15) is 14.4 Å². The Morgan fingerprint density at radius 3 is 2.68 bits per heavy atom. The molecule has 0 spiro atoms. The maximum Gasteiger partial charge on any atom is 0.253 e. The molecule has 1 aliphatic rings. The molecule has 1 N–H and O–H groups in total. The van der Waals surface area contributed by atoms with Crippen molar-refractivity contribution < 1.29 is 19.1 Å². The van der Waals surface area contributed by atoms with Gasteiger partial charge in [0, 0.05) is 24.6 Å². The maximum atomic E-state index is 12.7. The maximum absolute atomic E-state index is 12.7. The van der Waals surface area contributed by atoms with Crippen LogP contribution < -0.4 is 15.0 Å². The van der Waals surface area contributed by atoms with Gasteiger partial charge in [-0.1, -0.05) is 12.1 Å². The summed E-state index contributed by atoms with van der Waals surface area (Å²) in [7, 11) is 4.80. The number of ether oxygens (including phenoxy) is 1. The first kappa shape index (κ1) is 19.8. The predicted molar refractivity (Wildman–Crippen MR) is 109 cm³/mol. The number of benzene rings is 2. The molecule has 7 nitrogen and oxygen atoms in total. The van der Waals surface area contributed by atoms with Crippen LogP contribution in [0.15, 0.2) is 47.4 Å². The molecule has 28 heavy (non-hydrogen) atoms. The number of hydrogen-bond donors (Lipinski definition) is 1. The van der Waals surface area contributed by atoms with Gasteiger partial charge in [0.2, 0.25) is 11.8 Å². The van der Waals surface area contributed by atoms with Crippen molar-refractivity contribution in [1.29, 1.82) is 0 Å². The lowest BCUT2D eigenvalue weighted by atomic mass is 10.1. The lowest BCUT2D eigenvalue weighted by molar-refractivity contribution is -0.120. The molecule has 0 atom stereocenters. The van der Waals surface area contributed by atoms with Crippen molar-refractivity contribution in [2.24, 2.45) is 0 Å². The molecular formula is C20H21N3O4S. The number of thioether (sulfide) groups is 1. The number of anilines is 2. The molecule has 0 bridgehead atoms. The van der Waals surface area contributed by atoms with Crippen molar-refractivity contribution in [3.05, 3.63) is 48.0 Å². The van der Waals surface area contributed by atoms with Crippen LogP contribution in [0.1, 0.15) is 10.4 Å². The molecule has 0 aromatic heterocycles. The van der Waals surface area contributed by atoms with Gasteiger partial charge in [0.05, 0.1) is 24.2 Å². The van der Waals surface area contributed by atoms with Gasteiger partial charge < -0.3 is 19.9 Å². The predicted octanol–water partition coefficient (Wildman–Crippen LogP) is 2.47. The van der Waals surface area contributed by atoms with Gasteiger partial charge in [0.15, 0.2) is 0 Å². The molecule has 3 rings (SSSR count). The normalized spacial score (nSPS) is 13.0. The third-order valence-electron chi connectivity index (χ3n) is 4.24. The van der Waals surface area contributed by atoms with Crippen molar-refractivity contribution in [2.75, 3.05) is 43.7 Å². The molecule has 0 aliphatic carbocycles. The summed E-state index contributed by atoms with van der Waals surface area (Å²) in [6, 6.07) is 12.3. The minimum atomic E-state index is -0.372. The lowest BCUT2D eigenvalue weighted by Crippen LogP contribution is -2.41. The minimum absolute atomic E-state index is 0.120. The fourth-order valence-corrected chi connectivity index (χ4v) is 3.79. The van der Waals surface area contributed by atoms with Gasteiger partial charge in [-0.25, -0.2) is 0 Å². The van der Waals surface area contributed by atoms with Gasteiger partial charge in [0.1, 0.15) is 12.3 Å². The summed E-state index contributed by atoms with van der Waals surface area (Å²) in [5, 5.41) is 2.76. The molecule has 8 heteroatoms. The number of carbonyl (C=O) groups excluding carboxylic acids is 3. The van der Waals surface area contributed by atoms with Crippen molar-refractivity contribution >= 4 is 40.9 Å². The monoisotopic (exact) mass is 399 g/mol. The van der Waals surface area contributed by atoms with E-state index in [0.29, 0.717) is 22.8 Å². The first-order chi connectivity index (χ1) is 13.4. The molecule has 0 saturated heterocycles. The number of methoxy groups -OCH3 is 1. The zero-order valence-electron chi connectivity index (χ0n) is 15.9. The van der Waals surface area contributed by atoms with Gasteiger partial charge in [0.25, 0.3) is 5.91 Å². The fraction of sp³-hybridized carbons (Fsp3) is 0.250. The number of amides is 3. The van der Waals surface area contributed by atoms with Crippen LogP contribution in [0.2, 0.25) is 0 Å². The highest BCUT2D eigenvalue weighted by molar-refractivity contribution is 8.00. The standard InChI is InChI=1S/C20H21N3O4S/c1-22(2)20(26)13-8-9-16(27-3)14(10-13)21-18(24)11-23-15-6-4-5-7-17(15)28-12-19(23)25/h4-10H,11-12H2,1-3H3,(H,21,24). The number of carbonyl (C=O) groups is 3. The number of hydrogen-bond acceptors (Lipinski definition) is 5. The highest BCUT2D eigenvalue weighted by Crippen LogP contribution is 2.35. The van der Waals surface area contributed by atoms with Gasteiger partial charge in [-0.05, 0) is 30.3 Å². The van der Waals surface area contributed by atoms with Crippen LogP contribution in [0.5, 0.6) is 5.75 Å². The van der Waals surface area contributed by atoms with E-state index in [1.54, 1.807) is 32.3 Å². The summed E-state index contributed by atoms with van der Waals surface area (Å²) in [5.41, 5.74) is 1.53. The number of rotatable bonds is 5. The van der Waals surface area contributed by atoms with Crippen LogP contribution in [0.4, 0.5) is 11.4 Å². The Labute approximate surface area is 167 Å². The second-order valence-corrected chi connectivity index (χ2v) is 7.42. The Morgan fingerprint density at radius 1 is 1.21 bits per heavy atom. The average molecular weight is 399 g/mol. The molecule has 2 aromatic rings. The summed E-state index contributed by atoms with van der Waals surface area (Å²) in [6.07, 6.45) is 0. The van der Waals surface area contributed by atoms with Crippen LogP contribution >= 0.6 is 11.8 Å². The van der Waals surface area contributed by atoms with Crippen LogP contribution in [-0.2, 0) is 9.59 Å². The zero-order chi connectivity index (χ0) is 20.3. The summed E-state index contributed by atoms with van der Waals surface area (Å²) in [5.74, 6) is 0.0468. The number of para-hydroxylation sites is 1. The molecule has 0 radical (unpaired) electrons. The van der Waals surface area contributed by atoms with E-state index in [-0.39, 0.29) is 24.3 Å². The topological polar surface area (TPSA) is 79.0 Å². The molecule has 1 heterocycles. The van der Waals surface area contributed by atoms with E-state index >= 15 is 0 Å². The summed E-state index contributed by atoms with van der Waals surface area (Å²) >= 11 is 1.46. The lowest BCUT2D eigenvalue weighted by Gasteiger charge is -2.28. The molecule has 146 valence electrons. The SMILES string of the molecule is COc1ccc(C(=O)N(C)C)cc1NC(=O)CN1C(=O)CSc2ccccc21. The molecule has 3 amide bonds. The Kier molecular flexibility index (Phi) is 5.89. The van der Waals surface area contributed by atoms with Crippen molar-refractivity contribution in [3.8, 4) is 5.75 Å². The van der Waals surface area contributed by atoms with E-state index in [1.165, 1.54) is 28.7 Å². The summed E-state index contributed by atoms with van der Waals surface area (Å²) in [4.78, 5) is 41.1. The van der Waals surface area contributed by atoms with Crippen LogP contribution in [-0.4, -0.2) is 56.1 Å². The number of nitrogens with zero attached hydrogens (tertiary/aromatic N) is 2. The fourth-order valence-electron chi connectivity index (χ4n) is 2.86. The number of nitrogens with one attached hydrogen (secondary N) is 1. The Balaban J connectivity index is 1.81. The van der Waals surface area contributed by atoms with Gasteiger partial charge in [-0.2, -0.15) is 0 Å². The minimum Gasteiger partial charge on any atom is -0.495 e. The first-order valence-corrected chi connectivity index (χ1v) is 9.61. The highest BCUT2D eigenvalue weighted by Gasteiger charge is 2.26. The largest absolute Gasteiger partial charge is 0.495 e. The average Bonchev–Trinajstić information content (AvgIpc) is 2.69. The zero-order valence-corrected chi connectivity index (χ0v) is 16.7. The first-order valence-electron chi connectivity index (χ1n) is 8.62. The molecular weight excluding hydrogens is 378 g/mol. The van der Waals surface area contributed by atoms with E-state index in [4.69, 9.17) is 4.74 Å². The van der Waals surface area contributed by atoms with E-state index in [0.717, 1.165) is 10.6 Å². The Bertz CT molecular complexity index is 929. The number of fused-ring (bicyclic) bond motifs is 1. The van der Waals surface area contributed by atoms with Crippen molar-refractivity contribution in [2.45, 2.75) is 4.90 Å². The van der Waals surface area contributed by atoms with Crippen LogP contribution in [0.3, 0.4) is 0 Å². The summed E-state index contributed by atoms with van der Waals surface area (Å²) < 4.78 is 5.29. The Hall–Kier alpha value is -3.00. The van der Waals surface area contributed by atoms with E-state index in [2.05, 4.69) is 5.32 Å². The molecule has 1 aliphatic heterocycles. The van der Waals surface area contributed by atoms with Gasteiger partial charge in [-0.15, -0.1) is 11.8 Å². The van der Waals surface area contributed by atoms with Crippen molar-refractivity contribution in [3.63, 3.8) is 0 Å². The Morgan fingerprint density at radius 2 is 1.96 bits per heavy atom. The van der Waals surface area contributed by atoms with Crippen LogP contribution in [0, 0.1) is 0 Å². The molecule has 2 aromatic carbocycles. The van der Waals surface area contributed by atoms with Gasteiger partial charge >= 0.3 is 0 Å². The smallest absolute Gasteiger partial charge is 0.253 e. The quantitative estimate of drug-likeness (QED) is 0.836. The third-order valence-corrected chi connectivity index (χ3v) is 5.28. The van der Waals surface area contributed by atoms with Crippen molar-refractivity contribution in [1.82, 2.24) is 4.90 Å². The van der Waals surface area contributed by atoms with Crippen LogP contribution in [0.25, 0.3) is 0 Å². The van der Waals surface area contributed by atoms with Gasteiger partial charge in [-0.3, -0.25) is 14.4 Å². The molecule has 0 unspecified atom stereocenters. The third kappa shape index (κ3) is 4.12. The van der Waals surface area contributed by atoms with E-state index in [1.807, 2.05) is 24.3 Å². The second kappa shape index (κ2) is 8.35. The summed E-state index contributed by atoms with van der Waals surface area (Å²) in [6.45, 7) is -0.120. The molecule has 0 saturated carbocycles. The highest BCUT2D eigenvalue weighted by atomic mass is 32.2. The molecule has 0 fully saturated rings. The van der Waals surface area contributed by atoms with E-state index < -0.39 is 0 Å².